The van der Waals surface area contributed by atoms with Crippen LogP contribution in [0.15, 0.2) is 18.3 Å². The molecule has 2 aromatic rings. The number of ether oxygens (including phenoxy) is 1. The number of aliphatic hydroxyl groups is 1. The Labute approximate surface area is 159 Å². The fraction of sp³-hybridized carbons (Fsp3) is 0.400. The summed E-state index contributed by atoms with van der Waals surface area (Å²) in [6.07, 6.45) is -8.66. The number of hydrogen-bond donors (Lipinski definition) is 4. The first-order valence-electron chi connectivity index (χ1n) is 7.78. The molecular weight excluding hydrogens is 412 g/mol. The maximum Gasteiger partial charge on any atom is 0.421 e. The Morgan fingerprint density at radius 1 is 1.31 bits per heavy atom. The van der Waals surface area contributed by atoms with Gasteiger partial charge < -0.3 is 20.9 Å². The summed E-state index contributed by atoms with van der Waals surface area (Å²) in [4.78, 5) is 15.5. The first kappa shape index (κ1) is 22.3. The molecule has 1 unspecified atom stereocenters. The number of rotatable bonds is 6. The summed E-state index contributed by atoms with van der Waals surface area (Å²) in [5, 5.41) is 17.1. The summed E-state index contributed by atoms with van der Waals surface area (Å²) in [6.45, 7) is -1.28. The van der Waals surface area contributed by atoms with Crippen LogP contribution in [0.4, 0.5) is 32.0 Å². The molecule has 0 radical (unpaired) electrons. The Kier molecular flexibility index (Phi) is 5.96. The molecule has 14 heteroatoms. The summed E-state index contributed by atoms with van der Waals surface area (Å²) in [7, 11) is 0. The Balaban J connectivity index is 2.29. The Hall–Kier alpha value is -3.03. The van der Waals surface area contributed by atoms with E-state index in [2.05, 4.69) is 15.2 Å². The Morgan fingerprint density at radius 2 is 1.97 bits per heavy atom. The highest BCUT2D eigenvalue weighted by atomic mass is 19.4. The number of carbonyl (C=O) groups excluding carboxylic acids is 1. The van der Waals surface area contributed by atoms with E-state index >= 15 is 0 Å². The molecule has 5 N–H and O–H groups in total. The van der Waals surface area contributed by atoms with Gasteiger partial charge in [-0.25, -0.2) is 4.98 Å². The summed E-state index contributed by atoms with van der Waals surface area (Å²) < 4.78 is 82.6. The quantitative estimate of drug-likeness (QED) is 0.523. The van der Waals surface area contributed by atoms with Crippen molar-refractivity contribution < 1.29 is 41.0 Å². The second-order valence-corrected chi connectivity index (χ2v) is 6.10. The fourth-order valence-electron chi connectivity index (χ4n) is 1.95. The molecule has 0 aliphatic carbocycles. The first-order valence-corrected chi connectivity index (χ1v) is 7.78. The van der Waals surface area contributed by atoms with Crippen molar-refractivity contribution in [3.63, 3.8) is 0 Å². The van der Waals surface area contributed by atoms with Crippen LogP contribution in [0.25, 0.3) is 0 Å². The highest BCUT2D eigenvalue weighted by molar-refractivity contribution is 5.97. The van der Waals surface area contributed by atoms with Crippen LogP contribution in [0.2, 0.25) is 0 Å². The van der Waals surface area contributed by atoms with E-state index < -0.39 is 59.8 Å². The average molecular weight is 427 g/mol. The minimum atomic E-state index is -5.06. The van der Waals surface area contributed by atoms with Gasteiger partial charge in [0.2, 0.25) is 5.88 Å². The van der Waals surface area contributed by atoms with E-state index in [1.54, 1.807) is 5.32 Å². The van der Waals surface area contributed by atoms with Gasteiger partial charge >= 0.3 is 12.4 Å². The molecule has 160 valence electrons. The first-order chi connectivity index (χ1) is 13.2. The Morgan fingerprint density at radius 3 is 2.48 bits per heavy atom. The second-order valence-electron chi connectivity index (χ2n) is 6.10. The standard InChI is InChI=1S/C15H15F6N5O3/c1-13(28,15(19,20)21)6-23-11(27)10-9(22)4-8(14(16,17)18)12(25-10)29-5-7-2-3-24-26-7/h2-4,28H,5-6,22H2,1H3,(H,23,27)(H,24,26). The fourth-order valence-corrected chi connectivity index (χ4v) is 1.95. The molecule has 1 amide bonds. The Bertz CT molecular complexity index is 865. The van der Waals surface area contributed by atoms with Crippen LogP contribution >= 0.6 is 0 Å². The third kappa shape index (κ3) is 5.28. The van der Waals surface area contributed by atoms with Gasteiger partial charge in [-0.05, 0) is 19.1 Å². The number of nitrogen functional groups attached to an aromatic ring is 1. The molecule has 1 atom stereocenters. The molecule has 29 heavy (non-hydrogen) atoms. The van der Waals surface area contributed by atoms with E-state index in [0.29, 0.717) is 18.7 Å². The zero-order valence-electron chi connectivity index (χ0n) is 14.6. The van der Waals surface area contributed by atoms with Crippen LogP contribution in [0.5, 0.6) is 5.88 Å². The number of nitrogens with zero attached hydrogens (tertiary/aromatic N) is 2. The van der Waals surface area contributed by atoms with Gasteiger partial charge in [0.25, 0.3) is 5.91 Å². The van der Waals surface area contributed by atoms with Crippen LogP contribution < -0.4 is 15.8 Å². The van der Waals surface area contributed by atoms with Crippen LogP contribution in [-0.2, 0) is 12.8 Å². The normalized spacial score (nSPS) is 14.3. The molecule has 8 nitrogen and oxygen atoms in total. The minimum absolute atomic E-state index is 0.295. The third-order valence-electron chi connectivity index (χ3n) is 3.66. The van der Waals surface area contributed by atoms with Crippen molar-refractivity contribution in [2.24, 2.45) is 0 Å². The van der Waals surface area contributed by atoms with Crippen molar-refractivity contribution in [2.75, 3.05) is 12.3 Å². The van der Waals surface area contributed by atoms with Crippen molar-refractivity contribution in [3.8, 4) is 5.88 Å². The van der Waals surface area contributed by atoms with Gasteiger partial charge in [-0.15, -0.1) is 0 Å². The number of pyridine rings is 1. The van der Waals surface area contributed by atoms with Crippen molar-refractivity contribution in [3.05, 3.63) is 35.3 Å². The highest BCUT2D eigenvalue weighted by Gasteiger charge is 2.50. The van der Waals surface area contributed by atoms with Crippen molar-refractivity contribution in [1.82, 2.24) is 20.5 Å². The molecule has 2 heterocycles. The number of aromatic nitrogens is 3. The van der Waals surface area contributed by atoms with Gasteiger partial charge in [-0.2, -0.15) is 31.4 Å². The molecule has 0 saturated carbocycles. The predicted octanol–water partition coefficient (Wildman–Crippen LogP) is 2.03. The van der Waals surface area contributed by atoms with Gasteiger partial charge in [0, 0.05) is 6.20 Å². The molecule has 0 aliphatic rings. The molecule has 0 bridgehead atoms. The zero-order chi connectivity index (χ0) is 22.0. The molecular formula is C15H15F6N5O3. The van der Waals surface area contributed by atoms with Gasteiger partial charge in [0.05, 0.1) is 17.9 Å². The van der Waals surface area contributed by atoms with Crippen molar-refractivity contribution >= 4 is 11.6 Å². The lowest BCUT2D eigenvalue weighted by atomic mass is 10.1. The number of aromatic amines is 1. The number of anilines is 1. The number of hydrogen-bond acceptors (Lipinski definition) is 6. The molecule has 0 spiro atoms. The monoisotopic (exact) mass is 427 g/mol. The van der Waals surface area contributed by atoms with E-state index in [4.69, 9.17) is 10.5 Å². The average Bonchev–Trinajstić information content (AvgIpc) is 3.10. The lowest BCUT2D eigenvalue weighted by molar-refractivity contribution is -0.249. The van der Waals surface area contributed by atoms with Crippen LogP contribution in [0, 0.1) is 0 Å². The number of carbonyl (C=O) groups is 1. The number of halogens is 6. The number of nitrogens with two attached hydrogens (primary N) is 1. The summed E-state index contributed by atoms with van der Waals surface area (Å²) >= 11 is 0. The number of H-pyrrole nitrogens is 1. The molecule has 0 fully saturated rings. The van der Waals surface area contributed by atoms with Gasteiger partial charge in [0.1, 0.15) is 12.2 Å². The van der Waals surface area contributed by atoms with E-state index in [-0.39, 0.29) is 0 Å². The summed E-state index contributed by atoms with van der Waals surface area (Å²) in [5.74, 6) is -2.33. The lowest BCUT2D eigenvalue weighted by Crippen LogP contribution is -2.51. The second kappa shape index (κ2) is 7.77. The molecule has 0 aromatic carbocycles. The zero-order valence-corrected chi connectivity index (χ0v) is 14.6. The number of amides is 1. The topological polar surface area (TPSA) is 126 Å². The summed E-state index contributed by atoms with van der Waals surface area (Å²) in [6, 6.07) is 1.80. The molecule has 2 aromatic heterocycles. The van der Waals surface area contributed by atoms with Crippen LogP contribution in [0.3, 0.4) is 0 Å². The van der Waals surface area contributed by atoms with E-state index in [1.807, 2.05) is 0 Å². The highest BCUT2D eigenvalue weighted by Crippen LogP contribution is 2.37. The smallest absolute Gasteiger partial charge is 0.421 e. The van der Waals surface area contributed by atoms with Gasteiger partial charge in [-0.1, -0.05) is 0 Å². The van der Waals surface area contributed by atoms with Crippen LogP contribution in [-0.4, -0.2) is 44.5 Å². The SMILES string of the molecule is CC(O)(CNC(=O)c1nc(OCc2ccn[nH]2)c(C(F)(F)F)cc1N)C(F)(F)F. The molecule has 0 saturated heterocycles. The largest absolute Gasteiger partial charge is 0.471 e. The van der Waals surface area contributed by atoms with Gasteiger partial charge in [-0.3, -0.25) is 9.89 Å². The minimum Gasteiger partial charge on any atom is -0.471 e. The molecule has 0 aliphatic heterocycles. The predicted molar refractivity (Wildman–Crippen MR) is 85.6 cm³/mol. The maximum atomic E-state index is 13.2. The summed E-state index contributed by atoms with van der Waals surface area (Å²) in [5.41, 5.74) is -0.473. The third-order valence-corrected chi connectivity index (χ3v) is 3.66. The van der Waals surface area contributed by atoms with Gasteiger partial charge in [0.15, 0.2) is 11.3 Å². The maximum absolute atomic E-state index is 13.2. The van der Waals surface area contributed by atoms with E-state index in [9.17, 15) is 36.2 Å². The van der Waals surface area contributed by atoms with Crippen molar-refractivity contribution in [1.29, 1.82) is 0 Å². The number of nitrogens with one attached hydrogen (secondary N) is 2. The lowest BCUT2D eigenvalue weighted by Gasteiger charge is -2.26. The van der Waals surface area contributed by atoms with E-state index in [0.717, 1.165) is 0 Å². The number of alkyl halides is 6. The van der Waals surface area contributed by atoms with E-state index in [1.165, 1.54) is 12.3 Å². The van der Waals surface area contributed by atoms with Crippen LogP contribution in [0.1, 0.15) is 28.7 Å². The molecule has 2 rings (SSSR count). The van der Waals surface area contributed by atoms with Crippen molar-refractivity contribution in [2.45, 2.75) is 31.5 Å².